The van der Waals surface area contributed by atoms with Crippen LogP contribution in [0.2, 0.25) is 0 Å². The molecule has 0 aliphatic carbocycles. The molecule has 27 heavy (non-hydrogen) atoms. The van der Waals surface area contributed by atoms with Gasteiger partial charge in [0.2, 0.25) is 10.0 Å². The zero-order valence-electron chi connectivity index (χ0n) is 15.6. The summed E-state index contributed by atoms with van der Waals surface area (Å²) in [7, 11) is -3.53. The molecule has 6 nitrogen and oxygen atoms in total. The summed E-state index contributed by atoms with van der Waals surface area (Å²) < 4.78 is 27.3. The molecule has 0 spiro atoms. The Hall–Kier alpha value is -2.25. The van der Waals surface area contributed by atoms with Gasteiger partial charge in [-0.2, -0.15) is 4.31 Å². The predicted molar refractivity (Wildman–Crippen MR) is 104 cm³/mol. The van der Waals surface area contributed by atoms with Crippen molar-refractivity contribution in [3.05, 3.63) is 59.9 Å². The third-order valence-corrected chi connectivity index (χ3v) is 6.59. The fraction of sp³-hybridized carbons (Fsp3) is 0.400. The molecule has 1 aliphatic rings. The number of pyridine rings is 1. The molecular weight excluding hydrogens is 362 g/mol. The molecule has 1 aromatic heterocycles. The molecule has 2 heterocycles. The van der Waals surface area contributed by atoms with Crippen molar-refractivity contribution in [1.29, 1.82) is 0 Å². The number of nitrogens with zero attached hydrogens (tertiary/aromatic N) is 2. The van der Waals surface area contributed by atoms with E-state index >= 15 is 0 Å². The van der Waals surface area contributed by atoms with Crippen LogP contribution in [0.3, 0.4) is 0 Å². The lowest BCUT2D eigenvalue weighted by Gasteiger charge is -2.34. The van der Waals surface area contributed by atoms with E-state index < -0.39 is 10.0 Å². The zero-order chi connectivity index (χ0) is 19.4. The van der Waals surface area contributed by atoms with Gasteiger partial charge in [0.25, 0.3) is 5.91 Å². The smallest absolute Gasteiger partial charge is 0.251 e. The van der Waals surface area contributed by atoms with Crippen LogP contribution in [0.5, 0.6) is 0 Å². The predicted octanol–water partition coefficient (Wildman–Crippen LogP) is 2.68. The van der Waals surface area contributed by atoms with E-state index in [1.54, 1.807) is 22.6 Å². The number of hydrogen-bond acceptors (Lipinski definition) is 4. The van der Waals surface area contributed by atoms with Gasteiger partial charge in [-0.05, 0) is 54.7 Å². The van der Waals surface area contributed by atoms with Gasteiger partial charge in [-0.15, -0.1) is 0 Å². The van der Waals surface area contributed by atoms with Crippen LogP contribution in [-0.4, -0.2) is 36.7 Å². The summed E-state index contributed by atoms with van der Waals surface area (Å²) in [5, 5.41) is 2.79. The number of carbonyl (C=O) groups is 1. The number of sulfonamides is 1. The van der Waals surface area contributed by atoms with E-state index in [0.717, 1.165) is 12.1 Å². The van der Waals surface area contributed by atoms with Crippen molar-refractivity contribution in [3.8, 4) is 0 Å². The van der Waals surface area contributed by atoms with Crippen molar-refractivity contribution in [2.45, 2.75) is 31.7 Å². The molecule has 0 bridgehead atoms. The highest BCUT2D eigenvalue weighted by Gasteiger charge is 2.31. The Morgan fingerprint density at radius 2 is 1.78 bits per heavy atom. The molecular formula is C20H25N3O3S. The number of benzene rings is 1. The first kappa shape index (κ1) is 19.5. The van der Waals surface area contributed by atoms with Crippen molar-refractivity contribution in [3.63, 3.8) is 0 Å². The van der Waals surface area contributed by atoms with Crippen molar-refractivity contribution < 1.29 is 13.2 Å². The zero-order valence-corrected chi connectivity index (χ0v) is 16.4. The van der Waals surface area contributed by atoms with Crippen LogP contribution in [0.1, 0.15) is 36.3 Å². The lowest BCUT2D eigenvalue weighted by atomic mass is 9.94. The number of rotatable bonds is 5. The Balaban J connectivity index is 1.68. The molecule has 1 N–H and O–H groups in total. The van der Waals surface area contributed by atoms with E-state index in [9.17, 15) is 13.2 Å². The number of hydrogen-bond donors (Lipinski definition) is 1. The van der Waals surface area contributed by atoms with E-state index in [1.165, 1.54) is 12.1 Å². The summed E-state index contributed by atoms with van der Waals surface area (Å²) in [4.78, 5) is 16.6. The monoisotopic (exact) mass is 387 g/mol. The molecule has 1 amide bonds. The summed E-state index contributed by atoms with van der Waals surface area (Å²) in [5.41, 5.74) is 1.18. The minimum absolute atomic E-state index is 0.227. The van der Waals surface area contributed by atoms with E-state index in [0.29, 0.717) is 37.0 Å². The number of carbonyl (C=O) groups excluding carboxylic acids is 1. The SMILES string of the molecule is C[C@@H]1C[C@@H](C)CN(S(=O)(=O)c2ccc(C(=O)NCc3ccccn3)cc2)C1. The Bertz CT molecular complexity index is 872. The summed E-state index contributed by atoms with van der Waals surface area (Å²) in [5.74, 6) is 0.435. The van der Waals surface area contributed by atoms with Crippen molar-refractivity contribution in [1.82, 2.24) is 14.6 Å². The number of nitrogens with one attached hydrogen (secondary N) is 1. The van der Waals surface area contributed by atoms with Gasteiger partial charge in [-0.1, -0.05) is 19.9 Å². The van der Waals surface area contributed by atoms with Gasteiger partial charge in [0.05, 0.1) is 17.1 Å². The normalized spacial score (nSPS) is 21.0. The summed E-state index contributed by atoms with van der Waals surface area (Å²) in [6.45, 7) is 5.56. The van der Waals surface area contributed by atoms with Crippen molar-refractivity contribution in [2.24, 2.45) is 11.8 Å². The molecule has 1 aromatic carbocycles. The van der Waals surface area contributed by atoms with Crippen LogP contribution in [0.15, 0.2) is 53.6 Å². The van der Waals surface area contributed by atoms with Crippen LogP contribution in [0.4, 0.5) is 0 Å². The molecule has 0 unspecified atom stereocenters. The maximum absolute atomic E-state index is 12.9. The largest absolute Gasteiger partial charge is 0.346 e. The van der Waals surface area contributed by atoms with E-state index in [2.05, 4.69) is 24.1 Å². The highest BCUT2D eigenvalue weighted by atomic mass is 32.2. The maximum atomic E-state index is 12.9. The van der Waals surface area contributed by atoms with Gasteiger partial charge in [-0.25, -0.2) is 8.42 Å². The molecule has 2 atom stereocenters. The molecule has 3 rings (SSSR count). The van der Waals surface area contributed by atoms with Gasteiger partial charge < -0.3 is 5.32 Å². The maximum Gasteiger partial charge on any atom is 0.251 e. The Kier molecular flexibility index (Phi) is 5.92. The van der Waals surface area contributed by atoms with Crippen molar-refractivity contribution >= 4 is 15.9 Å². The lowest BCUT2D eigenvalue weighted by Crippen LogP contribution is -2.42. The van der Waals surface area contributed by atoms with Crippen LogP contribution in [0.25, 0.3) is 0 Å². The van der Waals surface area contributed by atoms with E-state index in [4.69, 9.17) is 0 Å². The van der Waals surface area contributed by atoms with Gasteiger partial charge in [0.1, 0.15) is 0 Å². The topological polar surface area (TPSA) is 79.4 Å². The van der Waals surface area contributed by atoms with E-state index in [-0.39, 0.29) is 10.8 Å². The third kappa shape index (κ3) is 4.73. The average molecular weight is 388 g/mol. The van der Waals surface area contributed by atoms with Gasteiger partial charge in [-0.3, -0.25) is 9.78 Å². The van der Waals surface area contributed by atoms with Crippen LogP contribution in [-0.2, 0) is 16.6 Å². The minimum Gasteiger partial charge on any atom is -0.346 e. The molecule has 0 saturated carbocycles. The second-order valence-electron chi connectivity index (χ2n) is 7.30. The summed E-state index contributed by atoms with van der Waals surface area (Å²) in [6.07, 6.45) is 2.71. The fourth-order valence-corrected chi connectivity index (χ4v) is 5.18. The highest BCUT2D eigenvalue weighted by molar-refractivity contribution is 7.89. The Morgan fingerprint density at radius 3 is 2.37 bits per heavy atom. The number of amides is 1. The second kappa shape index (κ2) is 8.19. The number of piperidine rings is 1. The average Bonchev–Trinajstić information content (AvgIpc) is 2.66. The van der Waals surface area contributed by atoms with E-state index in [1.807, 2.05) is 18.2 Å². The Labute approximate surface area is 160 Å². The quantitative estimate of drug-likeness (QED) is 0.855. The van der Waals surface area contributed by atoms with Gasteiger partial charge >= 0.3 is 0 Å². The molecule has 1 fully saturated rings. The lowest BCUT2D eigenvalue weighted by molar-refractivity contribution is 0.0950. The summed E-state index contributed by atoms with van der Waals surface area (Å²) >= 11 is 0. The fourth-order valence-electron chi connectivity index (χ4n) is 3.50. The van der Waals surface area contributed by atoms with Crippen LogP contribution in [0, 0.1) is 11.8 Å². The first-order valence-corrected chi connectivity index (χ1v) is 10.6. The molecule has 1 aliphatic heterocycles. The van der Waals surface area contributed by atoms with Gasteiger partial charge in [0.15, 0.2) is 0 Å². The molecule has 7 heteroatoms. The molecule has 2 aromatic rings. The van der Waals surface area contributed by atoms with Crippen LogP contribution < -0.4 is 5.32 Å². The van der Waals surface area contributed by atoms with Crippen LogP contribution >= 0.6 is 0 Å². The Morgan fingerprint density at radius 1 is 1.11 bits per heavy atom. The second-order valence-corrected chi connectivity index (χ2v) is 9.23. The third-order valence-electron chi connectivity index (χ3n) is 4.75. The number of aromatic nitrogens is 1. The first-order valence-electron chi connectivity index (χ1n) is 9.14. The van der Waals surface area contributed by atoms with Gasteiger partial charge in [0, 0.05) is 24.8 Å². The molecule has 144 valence electrons. The minimum atomic E-state index is -3.53. The standard InChI is InChI=1S/C20H25N3O3S/c1-15-11-16(2)14-23(13-15)27(25,26)19-8-6-17(7-9-19)20(24)22-12-18-5-3-4-10-21-18/h3-10,15-16H,11-14H2,1-2H3,(H,22,24)/t15-,16-/m1/s1. The highest BCUT2D eigenvalue weighted by Crippen LogP contribution is 2.26. The first-order chi connectivity index (χ1) is 12.9. The van der Waals surface area contributed by atoms with Crippen molar-refractivity contribution in [2.75, 3.05) is 13.1 Å². The summed E-state index contributed by atoms with van der Waals surface area (Å²) in [6, 6.07) is 11.6. The molecule has 0 radical (unpaired) electrons. The molecule has 1 saturated heterocycles.